The fourth-order valence-corrected chi connectivity index (χ4v) is 9.64. The normalized spacial score (nSPS) is 26.9. The Hall–Kier alpha value is -5.63. The third-order valence-electron chi connectivity index (χ3n) is 12.8. The summed E-state index contributed by atoms with van der Waals surface area (Å²) in [5, 5.41) is 6.56. The van der Waals surface area contributed by atoms with Crippen molar-refractivity contribution in [2.24, 2.45) is 5.92 Å². The van der Waals surface area contributed by atoms with Gasteiger partial charge in [-0.2, -0.15) is 0 Å². The molecule has 2 aliphatic heterocycles. The average Bonchev–Trinajstić information content (AvgIpc) is 4.15. The van der Waals surface area contributed by atoms with Crippen LogP contribution >= 0.6 is 0 Å². The molecule has 370 valence electrons. The number of aromatic nitrogens is 2. The third kappa shape index (κ3) is 10.7. The molecule has 4 aliphatic rings. The van der Waals surface area contributed by atoms with Crippen molar-refractivity contribution in [1.29, 1.82) is 0 Å². The summed E-state index contributed by atoms with van der Waals surface area (Å²) in [6.45, 7) is 10.7. The second kappa shape index (κ2) is 19.2. The number of nitrogens with one attached hydrogen (secondary N) is 3. The average molecular weight is 961 g/mol. The summed E-state index contributed by atoms with van der Waals surface area (Å²) in [5.74, 6) is -1.84. The maximum Gasteiger partial charge on any atom is 0.408 e. The fourth-order valence-electron chi connectivity index (χ4n) is 8.33. The van der Waals surface area contributed by atoms with Crippen LogP contribution in [0.15, 0.2) is 54.7 Å². The Bertz CT molecular complexity index is 2520. The Balaban J connectivity index is 0.00000355. The van der Waals surface area contributed by atoms with E-state index in [1.807, 2.05) is 26.0 Å². The van der Waals surface area contributed by atoms with Crippen molar-refractivity contribution in [2.45, 2.75) is 152 Å². The summed E-state index contributed by atoms with van der Waals surface area (Å²) in [7, 11) is -2.57. The molecule has 4 heterocycles. The molecular weight excluding hydrogens is 895 g/mol. The molecule has 20 heteroatoms. The quantitative estimate of drug-likeness (QED) is 0.152. The van der Waals surface area contributed by atoms with Gasteiger partial charge in [0.05, 0.1) is 54.3 Å². The van der Waals surface area contributed by atoms with Gasteiger partial charge in [-0.25, -0.2) is 27.0 Å². The summed E-state index contributed by atoms with van der Waals surface area (Å²) in [6.07, 6.45) is -0.0168. The highest BCUT2D eigenvalue weighted by Gasteiger charge is 2.63. The van der Waals surface area contributed by atoms with Crippen LogP contribution in [0.1, 0.15) is 97.7 Å². The SMILES string of the molecule is CC[C@@H]1O[C@H](C)CC/C=C\[C@@H]2C[C@@]2(C(=O)NS(=O)(=O)C2(C)CC2)NC(=O)[C@@H]2C[C@@H](Oc3nc(-c4ccc(OC(C)C)cn4)cc4cc(OC)ccc34)CN2C(=O)[C@H]1NC(=O)OC(C)(C)C(F)F.[HH].[HH].[HH]. The van der Waals surface area contributed by atoms with E-state index in [4.69, 9.17) is 28.7 Å². The lowest BCUT2D eigenvalue weighted by Crippen LogP contribution is -2.61. The molecule has 3 fully saturated rings. The van der Waals surface area contributed by atoms with Crippen LogP contribution in [-0.4, -0.2) is 120 Å². The number of carbonyl (C=O) groups excluding carboxylic acids is 4. The monoisotopic (exact) mass is 960 g/mol. The molecule has 0 spiro atoms. The number of allylic oxidation sites excluding steroid dienone is 1. The van der Waals surface area contributed by atoms with Gasteiger partial charge >= 0.3 is 6.09 Å². The first-order valence-corrected chi connectivity index (χ1v) is 24.1. The van der Waals surface area contributed by atoms with Gasteiger partial charge in [-0.3, -0.25) is 24.1 Å². The first-order valence-electron chi connectivity index (χ1n) is 22.7. The lowest BCUT2D eigenvalue weighted by molar-refractivity contribution is -0.145. The van der Waals surface area contributed by atoms with Crippen LogP contribution in [0, 0.1) is 5.92 Å². The van der Waals surface area contributed by atoms with Crippen LogP contribution < -0.4 is 29.6 Å². The molecule has 0 unspecified atom stereocenters. The van der Waals surface area contributed by atoms with Crippen molar-refractivity contribution in [2.75, 3.05) is 13.7 Å². The molecule has 3 aromatic rings. The van der Waals surface area contributed by atoms with Gasteiger partial charge in [0, 0.05) is 22.0 Å². The number of amides is 4. The number of hydrogen-bond acceptors (Lipinski definition) is 13. The van der Waals surface area contributed by atoms with Crippen LogP contribution in [-0.2, 0) is 33.9 Å². The Morgan fingerprint density at radius 3 is 2.48 bits per heavy atom. The minimum Gasteiger partial charge on any atom is -0.497 e. The van der Waals surface area contributed by atoms with E-state index in [-0.39, 0.29) is 42.1 Å². The Morgan fingerprint density at radius 2 is 1.84 bits per heavy atom. The second-order valence-corrected chi connectivity index (χ2v) is 21.1. The fraction of sp³-hybridized carbons (Fsp3) is 0.574. The van der Waals surface area contributed by atoms with E-state index >= 15 is 4.79 Å². The number of sulfonamides is 1. The van der Waals surface area contributed by atoms with E-state index < -0.39 is 92.5 Å². The van der Waals surface area contributed by atoms with Gasteiger partial charge in [0.25, 0.3) is 12.3 Å². The van der Waals surface area contributed by atoms with Crippen molar-refractivity contribution in [3.8, 4) is 28.8 Å². The Labute approximate surface area is 393 Å². The molecule has 7 rings (SSSR count). The Kier molecular flexibility index (Phi) is 14.1. The third-order valence-corrected chi connectivity index (χ3v) is 15.0. The van der Waals surface area contributed by atoms with E-state index in [0.717, 1.165) is 13.8 Å². The number of nitrogens with zero attached hydrogens (tertiary/aromatic N) is 3. The smallest absolute Gasteiger partial charge is 0.408 e. The summed E-state index contributed by atoms with van der Waals surface area (Å²) in [5.41, 5.74) is -2.98. The molecule has 3 N–H and O–H groups in total. The number of methoxy groups -OCH3 is 1. The number of ether oxygens (including phenoxy) is 5. The molecule has 2 aliphatic carbocycles. The predicted molar refractivity (Wildman–Crippen MR) is 248 cm³/mol. The van der Waals surface area contributed by atoms with Gasteiger partial charge in [-0.15, -0.1) is 0 Å². The maximum atomic E-state index is 15.1. The predicted octanol–water partition coefficient (Wildman–Crippen LogP) is 6.72. The molecule has 7 atom stereocenters. The number of carbonyl (C=O) groups is 4. The van der Waals surface area contributed by atoms with Gasteiger partial charge in [-0.1, -0.05) is 19.1 Å². The molecule has 17 nitrogen and oxygen atoms in total. The van der Waals surface area contributed by atoms with Gasteiger partial charge in [0.1, 0.15) is 35.2 Å². The lowest BCUT2D eigenvalue weighted by Gasteiger charge is -2.34. The van der Waals surface area contributed by atoms with E-state index in [1.165, 1.54) is 12.0 Å². The second-order valence-electron chi connectivity index (χ2n) is 18.9. The lowest BCUT2D eigenvalue weighted by atomic mass is 10.0. The highest BCUT2D eigenvalue weighted by atomic mass is 32.2. The summed E-state index contributed by atoms with van der Waals surface area (Å²) in [6, 6.07) is 7.70. The summed E-state index contributed by atoms with van der Waals surface area (Å²) >= 11 is 0. The minimum atomic E-state index is -4.11. The van der Waals surface area contributed by atoms with Gasteiger partial charge in [0.15, 0.2) is 5.60 Å². The molecule has 1 saturated heterocycles. The van der Waals surface area contributed by atoms with E-state index in [9.17, 15) is 31.6 Å². The van der Waals surface area contributed by atoms with Crippen molar-refractivity contribution < 1.29 is 64.3 Å². The first-order chi connectivity index (χ1) is 31.6. The van der Waals surface area contributed by atoms with E-state index in [1.54, 1.807) is 63.4 Å². The number of halogens is 2. The zero-order chi connectivity index (χ0) is 48.6. The van der Waals surface area contributed by atoms with Crippen LogP contribution in [0.3, 0.4) is 0 Å². The summed E-state index contributed by atoms with van der Waals surface area (Å²) in [4.78, 5) is 68.1. The molecular formula is C47H66F2N6O11S. The molecule has 0 radical (unpaired) electrons. The zero-order valence-electron chi connectivity index (χ0n) is 39.0. The number of alkyl carbamates (subject to hydrolysis) is 1. The number of fused-ring (bicyclic) bond motifs is 3. The molecule has 0 bridgehead atoms. The van der Waals surface area contributed by atoms with Crippen molar-refractivity contribution in [1.82, 2.24) is 30.2 Å². The molecule has 2 saturated carbocycles. The summed E-state index contributed by atoms with van der Waals surface area (Å²) < 4.78 is 85.1. The molecule has 4 amide bonds. The number of alkyl halides is 2. The molecule has 67 heavy (non-hydrogen) atoms. The standard InChI is InChI=1S/C47H60F2N6O11S.3H2/c1-9-37-38(52-44(59)66-45(5,6)42(48)49)41(57)55-25-32(65-40-33-16-14-30(62-8)20-28(33)21-35(51-40)34-17-15-31(24-50-34)63-26(2)3)22-36(55)39(56)53-47(23-29(47)13-11-10-12-27(4)64-37)43(58)54-67(60,61)46(7)18-19-46;;;/h11,13-17,20-21,24,26-27,29,32,36-38,42H,9-10,12,18-19,22-23,25H2,1-8H3,(H,52,59)(H,53,56)(H,54,58);3*1H/b13-11-;;;/t27-,29-,32-,36+,37+,38+,47-;;;/m1.../s1. The van der Waals surface area contributed by atoms with Gasteiger partial charge in [-0.05, 0) is 122 Å². The van der Waals surface area contributed by atoms with Crippen molar-refractivity contribution >= 4 is 44.6 Å². The van der Waals surface area contributed by atoms with E-state index in [2.05, 4.69) is 20.3 Å². The number of hydrogen-bond donors (Lipinski definition) is 3. The van der Waals surface area contributed by atoms with Crippen LogP contribution in [0.4, 0.5) is 13.6 Å². The number of rotatable bonds is 13. The van der Waals surface area contributed by atoms with Crippen LogP contribution in [0.25, 0.3) is 22.2 Å². The molecule has 2 aromatic heterocycles. The Morgan fingerprint density at radius 1 is 1.10 bits per heavy atom. The van der Waals surface area contributed by atoms with Crippen LogP contribution in [0.2, 0.25) is 0 Å². The number of benzene rings is 1. The minimum absolute atomic E-state index is 0. The topological polar surface area (TPSA) is 214 Å². The highest BCUT2D eigenvalue weighted by Crippen LogP contribution is 2.48. The molecule has 1 aromatic carbocycles. The maximum absolute atomic E-state index is 15.1. The van der Waals surface area contributed by atoms with Gasteiger partial charge < -0.3 is 39.2 Å². The van der Waals surface area contributed by atoms with Gasteiger partial charge in [0.2, 0.25) is 27.7 Å². The van der Waals surface area contributed by atoms with E-state index in [0.29, 0.717) is 59.3 Å². The zero-order valence-corrected chi connectivity index (χ0v) is 39.8. The first kappa shape index (κ1) is 49.3. The van der Waals surface area contributed by atoms with Crippen molar-refractivity contribution in [3.63, 3.8) is 0 Å². The van der Waals surface area contributed by atoms with Crippen LogP contribution in [0.5, 0.6) is 17.4 Å². The number of pyridine rings is 2. The highest BCUT2D eigenvalue weighted by molar-refractivity contribution is 7.91. The largest absolute Gasteiger partial charge is 0.497 e. The van der Waals surface area contributed by atoms with Crippen molar-refractivity contribution in [3.05, 3.63) is 54.7 Å².